The fraction of sp³-hybridized carbons (Fsp3) is 0.286. The van der Waals surface area contributed by atoms with E-state index in [1.807, 2.05) is 6.92 Å². The number of nitrogens with one attached hydrogen (secondary N) is 1. The minimum atomic E-state index is -0.275. The van der Waals surface area contributed by atoms with E-state index >= 15 is 0 Å². The van der Waals surface area contributed by atoms with Crippen LogP contribution in [-0.2, 0) is 7.05 Å². The van der Waals surface area contributed by atoms with Crippen LogP contribution >= 0.6 is 11.6 Å². The van der Waals surface area contributed by atoms with E-state index in [4.69, 9.17) is 21.1 Å². The van der Waals surface area contributed by atoms with Crippen molar-refractivity contribution in [2.45, 2.75) is 6.92 Å². The molecule has 1 amide bonds. The van der Waals surface area contributed by atoms with Crippen molar-refractivity contribution in [1.29, 1.82) is 0 Å². The molecule has 6 nitrogen and oxygen atoms in total. The number of amides is 1. The van der Waals surface area contributed by atoms with Crippen LogP contribution in [0.5, 0.6) is 11.5 Å². The van der Waals surface area contributed by atoms with Gasteiger partial charge in [-0.05, 0) is 6.92 Å². The second kappa shape index (κ2) is 6.05. The number of rotatable bonds is 4. The number of anilines is 1. The average Bonchev–Trinajstić information content (AvgIpc) is 2.80. The molecule has 0 aliphatic carbocycles. The van der Waals surface area contributed by atoms with Gasteiger partial charge in [-0.25, -0.2) is 0 Å². The van der Waals surface area contributed by atoms with Gasteiger partial charge in [-0.2, -0.15) is 5.10 Å². The second-order valence-corrected chi connectivity index (χ2v) is 4.82. The SMILES string of the molecule is COc1cc(NC(=O)c2cnn(C)c2C)c(OC)cc1Cl. The van der Waals surface area contributed by atoms with E-state index in [0.29, 0.717) is 27.8 Å². The van der Waals surface area contributed by atoms with Gasteiger partial charge in [0.2, 0.25) is 0 Å². The summed E-state index contributed by atoms with van der Waals surface area (Å²) in [6.45, 7) is 1.82. The van der Waals surface area contributed by atoms with Crippen LogP contribution < -0.4 is 14.8 Å². The highest BCUT2D eigenvalue weighted by atomic mass is 35.5. The molecule has 0 radical (unpaired) electrons. The van der Waals surface area contributed by atoms with Gasteiger partial charge in [-0.3, -0.25) is 9.48 Å². The largest absolute Gasteiger partial charge is 0.495 e. The third-order valence-electron chi connectivity index (χ3n) is 3.20. The number of carbonyl (C=O) groups excluding carboxylic acids is 1. The highest BCUT2D eigenvalue weighted by molar-refractivity contribution is 6.32. The molecule has 1 N–H and O–H groups in total. The van der Waals surface area contributed by atoms with E-state index in [1.165, 1.54) is 20.4 Å². The summed E-state index contributed by atoms with van der Waals surface area (Å²) in [6, 6.07) is 3.21. The number of methoxy groups -OCH3 is 2. The number of aryl methyl sites for hydroxylation is 1. The molecule has 0 unspecified atom stereocenters. The number of aromatic nitrogens is 2. The Morgan fingerprint density at radius 1 is 1.29 bits per heavy atom. The van der Waals surface area contributed by atoms with E-state index in [9.17, 15) is 4.79 Å². The molecule has 1 aromatic heterocycles. The summed E-state index contributed by atoms with van der Waals surface area (Å²) in [5.74, 6) is 0.634. The molecule has 1 heterocycles. The number of nitrogens with zero attached hydrogens (tertiary/aromatic N) is 2. The molecule has 0 spiro atoms. The minimum absolute atomic E-state index is 0.275. The normalized spacial score (nSPS) is 10.3. The Morgan fingerprint density at radius 2 is 1.95 bits per heavy atom. The molecule has 0 saturated carbocycles. The Morgan fingerprint density at radius 3 is 2.48 bits per heavy atom. The van der Waals surface area contributed by atoms with Crippen molar-refractivity contribution in [2.75, 3.05) is 19.5 Å². The average molecular weight is 310 g/mol. The van der Waals surface area contributed by atoms with Gasteiger partial charge in [-0.15, -0.1) is 0 Å². The summed E-state index contributed by atoms with van der Waals surface area (Å²) in [7, 11) is 4.78. The lowest BCUT2D eigenvalue weighted by molar-refractivity contribution is 0.102. The fourth-order valence-corrected chi connectivity index (χ4v) is 2.10. The fourth-order valence-electron chi connectivity index (χ4n) is 1.87. The molecule has 2 aromatic rings. The summed E-state index contributed by atoms with van der Waals surface area (Å²) in [4.78, 5) is 12.3. The number of hydrogen-bond donors (Lipinski definition) is 1. The first-order valence-electron chi connectivity index (χ1n) is 6.19. The summed E-state index contributed by atoms with van der Waals surface area (Å²) in [5.41, 5.74) is 1.74. The Hall–Kier alpha value is -2.21. The van der Waals surface area contributed by atoms with E-state index in [-0.39, 0.29) is 5.91 Å². The maximum Gasteiger partial charge on any atom is 0.259 e. The van der Waals surface area contributed by atoms with Gasteiger partial charge in [0, 0.05) is 24.9 Å². The number of hydrogen-bond acceptors (Lipinski definition) is 4. The number of halogens is 1. The van der Waals surface area contributed by atoms with E-state index in [2.05, 4.69) is 10.4 Å². The van der Waals surface area contributed by atoms with Crippen LogP contribution in [0.15, 0.2) is 18.3 Å². The van der Waals surface area contributed by atoms with Gasteiger partial charge >= 0.3 is 0 Å². The first kappa shape index (κ1) is 15.2. The Balaban J connectivity index is 2.34. The zero-order chi connectivity index (χ0) is 15.6. The second-order valence-electron chi connectivity index (χ2n) is 4.41. The first-order valence-corrected chi connectivity index (χ1v) is 6.57. The van der Waals surface area contributed by atoms with Crippen molar-refractivity contribution < 1.29 is 14.3 Å². The lowest BCUT2D eigenvalue weighted by Gasteiger charge is -2.13. The van der Waals surface area contributed by atoms with Gasteiger partial charge in [0.1, 0.15) is 11.5 Å². The number of carbonyl (C=O) groups is 1. The summed E-state index contributed by atoms with van der Waals surface area (Å²) in [5, 5.41) is 7.23. The van der Waals surface area contributed by atoms with Crippen LogP contribution in [-0.4, -0.2) is 29.9 Å². The van der Waals surface area contributed by atoms with Crippen molar-refractivity contribution in [2.24, 2.45) is 7.05 Å². The van der Waals surface area contributed by atoms with E-state index in [0.717, 1.165) is 5.69 Å². The molecule has 2 rings (SSSR count). The maximum atomic E-state index is 12.3. The van der Waals surface area contributed by atoms with E-state index in [1.54, 1.807) is 23.9 Å². The molecule has 0 bridgehead atoms. The predicted octanol–water partition coefficient (Wildman–Crippen LogP) is 2.65. The molecule has 0 fully saturated rings. The van der Waals surface area contributed by atoms with Crippen LogP contribution in [0.25, 0.3) is 0 Å². The topological polar surface area (TPSA) is 65.4 Å². The minimum Gasteiger partial charge on any atom is -0.495 e. The van der Waals surface area contributed by atoms with E-state index < -0.39 is 0 Å². The highest BCUT2D eigenvalue weighted by Crippen LogP contribution is 2.36. The van der Waals surface area contributed by atoms with Crippen LogP contribution in [0.1, 0.15) is 16.1 Å². The first-order chi connectivity index (χ1) is 9.97. The molecule has 7 heteroatoms. The van der Waals surface area contributed by atoms with Gasteiger partial charge in [0.15, 0.2) is 0 Å². The van der Waals surface area contributed by atoms with Crippen molar-refractivity contribution in [3.05, 3.63) is 34.6 Å². The predicted molar refractivity (Wildman–Crippen MR) is 80.5 cm³/mol. The maximum absolute atomic E-state index is 12.3. The van der Waals surface area contributed by atoms with Crippen LogP contribution in [0.4, 0.5) is 5.69 Å². The summed E-state index contributed by atoms with van der Waals surface area (Å²) >= 11 is 6.03. The lowest BCUT2D eigenvalue weighted by Crippen LogP contribution is -2.13. The molecular weight excluding hydrogens is 294 g/mol. The Labute approximate surface area is 127 Å². The van der Waals surface area contributed by atoms with Crippen molar-refractivity contribution >= 4 is 23.2 Å². The number of benzene rings is 1. The van der Waals surface area contributed by atoms with Gasteiger partial charge < -0.3 is 14.8 Å². The number of ether oxygens (including phenoxy) is 2. The summed E-state index contributed by atoms with van der Waals surface area (Å²) < 4.78 is 12.0. The van der Waals surface area contributed by atoms with Crippen LogP contribution in [0.3, 0.4) is 0 Å². The zero-order valence-corrected chi connectivity index (χ0v) is 13.0. The van der Waals surface area contributed by atoms with Gasteiger partial charge in [-0.1, -0.05) is 11.6 Å². The molecule has 0 saturated heterocycles. The van der Waals surface area contributed by atoms with Crippen molar-refractivity contribution in [3.63, 3.8) is 0 Å². The summed E-state index contributed by atoms with van der Waals surface area (Å²) in [6.07, 6.45) is 1.52. The molecule has 1 aromatic carbocycles. The molecule has 0 atom stereocenters. The smallest absolute Gasteiger partial charge is 0.259 e. The van der Waals surface area contributed by atoms with Crippen molar-refractivity contribution in [3.8, 4) is 11.5 Å². The molecule has 112 valence electrons. The van der Waals surface area contributed by atoms with Gasteiger partial charge in [0.25, 0.3) is 5.91 Å². The molecule has 0 aliphatic heterocycles. The van der Waals surface area contributed by atoms with Crippen molar-refractivity contribution in [1.82, 2.24) is 9.78 Å². The third kappa shape index (κ3) is 2.95. The zero-order valence-electron chi connectivity index (χ0n) is 12.2. The monoisotopic (exact) mass is 309 g/mol. The quantitative estimate of drug-likeness (QED) is 0.943. The van der Waals surface area contributed by atoms with Crippen LogP contribution in [0.2, 0.25) is 5.02 Å². The lowest BCUT2D eigenvalue weighted by atomic mass is 10.2. The molecule has 21 heavy (non-hydrogen) atoms. The molecular formula is C14H16ClN3O3. The molecule has 0 aliphatic rings. The highest BCUT2D eigenvalue weighted by Gasteiger charge is 2.16. The third-order valence-corrected chi connectivity index (χ3v) is 3.50. The van der Waals surface area contributed by atoms with Gasteiger partial charge in [0.05, 0.1) is 36.7 Å². The Kier molecular flexibility index (Phi) is 4.37. The standard InChI is InChI=1S/C14H16ClN3O3/c1-8-9(7-16-18(8)2)14(19)17-11-6-12(20-3)10(15)5-13(11)21-4/h5-7H,1-4H3,(H,17,19). The van der Waals surface area contributed by atoms with Crippen LogP contribution in [0, 0.1) is 6.92 Å². The Bertz CT molecular complexity index is 682.